The zero-order chi connectivity index (χ0) is 12.0. The third-order valence-electron chi connectivity index (χ3n) is 2.42. The number of hydrogen-bond donors (Lipinski definition) is 1. The van der Waals surface area contributed by atoms with Crippen LogP contribution in [0, 0.1) is 0 Å². The van der Waals surface area contributed by atoms with Crippen LogP contribution in [0.3, 0.4) is 0 Å². The summed E-state index contributed by atoms with van der Waals surface area (Å²) >= 11 is 0. The Kier molecular flexibility index (Phi) is 5.19. The van der Waals surface area contributed by atoms with Crippen LogP contribution >= 0.6 is 0 Å². The van der Waals surface area contributed by atoms with Gasteiger partial charge in [0.25, 0.3) is 6.43 Å². The van der Waals surface area contributed by atoms with E-state index in [-0.39, 0.29) is 0 Å². The average Bonchev–Trinajstić information content (AvgIpc) is 2.29. The molecule has 0 saturated carbocycles. The molecule has 0 saturated heterocycles. The SMILES string of the molecule is COc1ccc(CCNC(C)C(F)F)cc1. The van der Waals surface area contributed by atoms with E-state index in [1.807, 2.05) is 24.3 Å². The predicted molar refractivity (Wildman–Crippen MR) is 60.2 cm³/mol. The van der Waals surface area contributed by atoms with Crippen molar-refractivity contribution in [3.63, 3.8) is 0 Å². The van der Waals surface area contributed by atoms with Crippen LogP contribution in [0.15, 0.2) is 24.3 Å². The van der Waals surface area contributed by atoms with E-state index in [1.54, 1.807) is 7.11 Å². The van der Waals surface area contributed by atoms with E-state index in [1.165, 1.54) is 6.92 Å². The highest BCUT2D eigenvalue weighted by molar-refractivity contribution is 5.27. The van der Waals surface area contributed by atoms with Gasteiger partial charge in [0.2, 0.25) is 0 Å². The Hall–Kier alpha value is -1.16. The number of rotatable bonds is 6. The second kappa shape index (κ2) is 6.43. The van der Waals surface area contributed by atoms with Crippen molar-refractivity contribution in [2.24, 2.45) is 0 Å². The lowest BCUT2D eigenvalue weighted by Crippen LogP contribution is -2.33. The van der Waals surface area contributed by atoms with Crippen LogP contribution in [0.5, 0.6) is 5.75 Å². The Labute approximate surface area is 94.6 Å². The molecule has 0 heterocycles. The van der Waals surface area contributed by atoms with Gasteiger partial charge in [-0.3, -0.25) is 0 Å². The number of benzene rings is 1. The molecule has 1 N–H and O–H groups in total. The van der Waals surface area contributed by atoms with Gasteiger partial charge in [0.05, 0.1) is 13.2 Å². The summed E-state index contributed by atoms with van der Waals surface area (Å²) in [5, 5.41) is 2.78. The van der Waals surface area contributed by atoms with Crippen molar-refractivity contribution >= 4 is 0 Å². The zero-order valence-electron chi connectivity index (χ0n) is 9.54. The van der Waals surface area contributed by atoms with Gasteiger partial charge >= 0.3 is 0 Å². The molecule has 0 radical (unpaired) electrons. The largest absolute Gasteiger partial charge is 0.497 e. The van der Waals surface area contributed by atoms with Crippen LogP contribution < -0.4 is 10.1 Å². The lowest BCUT2D eigenvalue weighted by Gasteiger charge is -2.12. The molecule has 1 aromatic carbocycles. The Balaban J connectivity index is 2.31. The van der Waals surface area contributed by atoms with Crippen molar-refractivity contribution in [2.75, 3.05) is 13.7 Å². The molecule has 0 bridgehead atoms. The quantitative estimate of drug-likeness (QED) is 0.809. The second-order valence-electron chi connectivity index (χ2n) is 3.68. The number of alkyl halides is 2. The summed E-state index contributed by atoms with van der Waals surface area (Å²) in [7, 11) is 1.61. The number of methoxy groups -OCH3 is 1. The summed E-state index contributed by atoms with van der Waals surface area (Å²) < 4.78 is 29.4. The molecule has 0 amide bonds. The highest BCUT2D eigenvalue weighted by Gasteiger charge is 2.12. The fourth-order valence-electron chi connectivity index (χ4n) is 1.33. The molecular formula is C12H17F2NO. The van der Waals surface area contributed by atoms with Crippen molar-refractivity contribution in [2.45, 2.75) is 25.8 Å². The summed E-state index contributed by atoms with van der Waals surface area (Å²) in [6.45, 7) is 2.04. The first-order chi connectivity index (χ1) is 7.63. The Morgan fingerprint density at radius 1 is 1.25 bits per heavy atom. The standard InChI is InChI=1S/C12H17F2NO/c1-9(12(13)14)15-8-7-10-3-5-11(16-2)6-4-10/h3-6,9,12,15H,7-8H2,1-2H3. The van der Waals surface area contributed by atoms with E-state index in [4.69, 9.17) is 4.74 Å². The maximum atomic E-state index is 12.2. The van der Waals surface area contributed by atoms with Gasteiger partial charge in [-0.25, -0.2) is 8.78 Å². The third kappa shape index (κ3) is 4.14. The predicted octanol–water partition coefficient (Wildman–Crippen LogP) is 2.48. The highest BCUT2D eigenvalue weighted by Crippen LogP contribution is 2.11. The van der Waals surface area contributed by atoms with Crippen molar-refractivity contribution in [1.82, 2.24) is 5.32 Å². The summed E-state index contributed by atoms with van der Waals surface area (Å²) in [5.41, 5.74) is 1.11. The van der Waals surface area contributed by atoms with Gasteiger partial charge in [-0.2, -0.15) is 0 Å². The first-order valence-electron chi connectivity index (χ1n) is 5.28. The minimum atomic E-state index is -2.31. The van der Waals surface area contributed by atoms with Crippen molar-refractivity contribution < 1.29 is 13.5 Å². The maximum Gasteiger partial charge on any atom is 0.253 e. The summed E-state index contributed by atoms with van der Waals surface area (Å²) in [6.07, 6.45) is -1.57. The molecule has 1 aromatic rings. The molecule has 90 valence electrons. The molecular weight excluding hydrogens is 212 g/mol. The summed E-state index contributed by atoms with van der Waals surface area (Å²) in [6, 6.07) is 6.86. The van der Waals surface area contributed by atoms with Crippen LogP contribution in [0.2, 0.25) is 0 Å². The summed E-state index contributed by atoms with van der Waals surface area (Å²) in [5.74, 6) is 0.803. The maximum absolute atomic E-state index is 12.2. The Morgan fingerprint density at radius 2 is 1.88 bits per heavy atom. The zero-order valence-corrected chi connectivity index (χ0v) is 9.54. The molecule has 0 aliphatic rings. The van der Waals surface area contributed by atoms with Gasteiger partial charge in [-0.1, -0.05) is 12.1 Å². The number of ether oxygens (including phenoxy) is 1. The van der Waals surface area contributed by atoms with Gasteiger partial charge in [-0.05, 0) is 37.6 Å². The summed E-state index contributed by atoms with van der Waals surface area (Å²) in [4.78, 5) is 0. The molecule has 0 aliphatic carbocycles. The molecule has 0 aromatic heterocycles. The topological polar surface area (TPSA) is 21.3 Å². The van der Waals surface area contributed by atoms with E-state index in [0.29, 0.717) is 6.54 Å². The van der Waals surface area contributed by atoms with Gasteiger partial charge in [-0.15, -0.1) is 0 Å². The lowest BCUT2D eigenvalue weighted by atomic mass is 10.1. The van der Waals surface area contributed by atoms with Crippen LogP contribution in [-0.4, -0.2) is 26.1 Å². The number of nitrogens with one attached hydrogen (secondary N) is 1. The molecule has 1 atom stereocenters. The van der Waals surface area contributed by atoms with Crippen molar-refractivity contribution in [1.29, 1.82) is 0 Å². The van der Waals surface area contributed by atoms with E-state index in [0.717, 1.165) is 17.7 Å². The van der Waals surface area contributed by atoms with Crippen LogP contribution in [0.1, 0.15) is 12.5 Å². The van der Waals surface area contributed by atoms with E-state index in [9.17, 15) is 8.78 Å². The fourth-order valence-corrected chi connectivity index (χ4v) is 1.33. The number of hydrogen-bond acceptors (Lipinski definition) is 2. The molecule has 1 unspecified atom stereocenters. The van der Waals surface area contributed by atoms with E-state index >= 15 is 0 Å². The first-order valence-corrected chi connectivity index (χ1v) is 5.28. The molecule has 16 heavy (non-hydrogen) atoms. The van der Waals surface area contributed by atoms with Crippen LogP contribution in [0.4, 0.5) is 8.78 Å². The van der Waals surface area contributed by atoms with Crippen LogP contribution in [-0.2, 0) is 6.42 Å². The number of halogens is 2. The van der Waals surface area contributed by atoms with E-state index in [2.05, 4.69) is 5.32 Å². The van der Waals surface area contributed by atoms with Crippen molar-refractivity contribution in [3.05, 3.63) is 29.8 Å². The van der Waals surface area contributed by atoms with Gasteiger partial charge < -0.3 is 10.1 Å². The van der Waals surface area contributed by atoms with Gasteiger partial charge in [0, 0.05) is 0 Å². The monoisotopic (exact) mass is 229 g/mol. The fraction of sp³-hybridized carbons (Fsp3) is 0.500. The first kappa shape index (κ1) is 12.9. The normalized spacial score (nSPS) is 12.8. The lowest BCUT2D eigenvalue weighted by molar-refractivity contribution is 0.106. The highest BCUT2D eigenvalue weighted by atomic mass is 19.3. The average molecular weight is 229 g/mol. The third-order valence-corrected chi connectivity index (χ3v) is 2.42. The van der Waals surface area contributed by atoms with Crippen LogP contribution in [0.25, 0.3) is 0 Å². The molecule has 0 aliphatic heterocycles. The molecule has 4 heteroatoms. The Morgan fingerprint density at radius 3 is 2.38 bits per heavy atom. The molecule has 2 nitrogen and oxygen atoms in total. The van der Waals surface area contributed by atoms with Gasteiger partial charge in [0.15, 0.2) is 0 Å². The minimum absolute atomic E-state index is 0.553. The molecule has 1 rings (SSSR count). The second-order valence-corrected chi connectivity index (χ2v) is 3.68. The van der Waals surface area contributed by atoms with Crippen molar-refractivity contribution in [3.8, 4) is 5.75 Å². The van der Waals surface area contributed by atoms with Gasteiger partial charge in [0.1, 0.15) is 5.75 Å². The van der Waals surface area contributed by atoms with E-state index < -0.39 is 12.5 Å². The minimum Gasteiger partial charge on any atom is -0.497 e. The molecule has 0 spiro atoms. The Bertz CT molecular complexity index is 300. The molecule has 0 fully saturated rings. The smallest absolute Gasteiger partial charge is 0.253 e.